The van der Waals surface area contributed by atoms with Crippen molar-refractivity contribution in [3.8, 4) is 0 Å². The zero-order valence-electron chi connectivity index (χ0n) is 18.2. The monoisotopic (exact) mass is 413 g/mol. The van der Waals surface area contributed by atoms with E-state index in [1.54, 1.807) is 0 Å². The molecule has 9 rings (SSSR count). The first kappa shape index (κ1) is 18.2. The molecule has 0 aromatic heterocycles. The molecule has 0 amide bonds. The fourth-order valence-corrected chi connectivity index (χ4v) is 11.0. The largest absolute Gasteiger partial charge is 0.461 e. The number of nitrogens with zero attached hydrogens (tertiary/aromatic N) is 1. The van der Waals surface area contributed by atoms with Gasteiger partial charge in [0, 0.05) is 49.2 Å². The highest BCUT2D eigenvalue weighted by atomic mass is 16.6. The number of ether oxygens (including phenoxy) is 2. The van der Waals surface area contributed by atoms with Crippen LogP contribution in [0.5, 0.6) is 0 Å². The number of esters is 2. The Morgan fingerprint density at radius 2 is 1.90 bits per heavy atom. The van der Waals surface area contributed by atoms with Crippen LogP contribution in [0.4, 0.5) is 0 Å². The topological polar surface area (TPSA) is 76.1 Å². The van der Waals surface area contributed by atoms with Gasteiger partial charge in [0.05, 0.1) is 5.92 Å². The SMILES string of the molecule is CC(=O)O[C@@H]1C2C(C)=CC34CC5C6C7(CCC[C@@]6(C)CN5C7C3(O)[C@H]2OC(C)=O)C14. The Morgan fingerprint density at radius 1 is 1.17 bits per heavy atom. The minimum Gasteiger partial charge on any atom is -0.461 e. The summed E-state index contributed by atoms with van der Waals surface area (Å²) in [5.74, 6) is -0.278. The van der Waals surface area contributed by atoms with Gasteiger partial charge >= 0.3 is 11.9 Å². The molecule has 9 aliphatic rings. The summed E-state index contributed by atoms with van der Waals surface area (Å²) in [6.07, 6.45) is 5.69. The summed E-state index contributed by atoms with van der Waals surface area (Å²) in [4.78, 5) is 27.1. The van der Waals surface area contributed by atoms with Gasteiger partial charge in [-0.15, -0.1) is 0 Å². The third-order valence-electron chi connectivity index (χ3n) is 10.8. The van der Waals surface area contributed by atoms with E-state index in [0.29, 0.717) is 12.0 Å². The van der Waals surface area contributed by atoms with E-state index >= 15 is 0 Å². The van der Waals surface area contributed by atoms with Gasteiger partial charge in [-0.2, -0.15) is 0 Å². The zero-order chi connectivity index (χ0) is 21.0. The maximum atomic E-state index is 12.7. The molecule has 12 atom stereocenters. The molecule has 6 heteroatoms. The second-order valence-electron chi connectivity index (χ2n) is 11.8. The molecule has 7 fully saturated rings. The number of hydrogen-bond donors (Lipinski definition) is 1. The van der Waals surface area contributed by atoms with Crippen LogP contribution >= 0.6 is 0 Å². The van der Waals surface area contributed by atoms with Crippen LogP contribution in [0, 0.1) is 34.0 Å². The molecule has 1 N–H and O–H groups in total. The average molecular weight is 414 g/mol. The normalized spacial score (nSPS) is 62.5. The van der Waals surface area contributed by atoms with E-state index in [1.807, 2.05) is 0 Å². The molecule has 6 nitrogen and oxygen atoms in total. The van der Waals surface area contributed by atoms with Gasteiger partial charge in [0.15, 0.2) is 0 Å². The summed E-state index contributed by atoms with van der Waals surface area (Å²) < 4.78 is 12.1. The highest BCUT2D eigenvalue weighted by molar-refractivity contribution is 5.68. The molecule has 30 heavy (non-hydrogen) atoms. The quantitative estimate of drug-likeness (QED) is 0.552. The first-order chi connectivity index (χ1) is 14.1. The fourth-order valence-electron chi connectivity index (χ4n) is 11.0. The van der Waals surface area contributed by atoms with Crippen LogP contribution in [-0.2, 0) is 19.1 Å². The van der Waals surface area contributed by atoms with Gasteiger partial charge in [0.1, 0.15) is 17.8 Å². The molecule has 3 aliphatic heterocycles. The van der Waals surface area contributed by atoms with Crippen LogP contribution in [-0.4, -0.2) is 58.4 Å². The van der Waals surface area contributed by atoms with Gasteiger partial charge in [-0.25, -0.2) is 0 Å². The van der Waals surface area contributed by atoms with Gasteiger partial charge in [0.25, 0.3) is 0 Å². The molecule has 0 aromatic rings. The molecule has 9 bridgehead atoms. The summed E-state index contributed by atoms with van der Waals surface area (Å²) in [5.41, 5.74) is -0.268. The first-order valence-electron chi connectivity index (χ1n) is 11.6. The number of carbonyl (C=O) groups is 2. The molecule has 162 valence electrons. The van der Waals surface area contributed by atoms with E-state index in [-0.39, 0.29) is 46.8 Å². The predicted octanol–water partition coefficient (Wildman–Crippen LogP) is 2.05. The Bertz CT molecular complexity index is 946. The van der Waals surface area contributed by atoms with E-state index in [4.69, 9.17) is 9.47 Å². The van der Waals surface area contributed by atoms with Crippen molar-refractivity contribution in [2.24, 2.45) is 34.0 Å². The lowest BCUT2D eigenvalue weighted by atomic mass is 9.40. The minimum atomic E-state index is -1.10. The Kier molecular flexibility index (Phi) is 2.93. The summed E-state index contributed by atoms with van der Waals surface area (Å²) in [6.45, 7) is 8.43. The number of piperidine rings is 2. The van der Waals surface area contributed by atoms with Gasteiger partial charge in [-0.3, -0.25) is 14.5 Å². The Balaban J connectivity index is 1.53. The maximum Gasteiger partial charge on any atom is 0.303 e. The van der Waals surface area contributed by atoms with Crippen molar-refractivity contribution in [2.45, 2.75) is 83.3 Å². The average Bonchev–Trinajstić information content (AvgIpc) is 3.04. The molecular weight excluding hydrogens is 382 g/mol. The first-order valence-corrected chi connectivity index (χ1v) is 11.6. The molecule has 4 saturated carbocycles. The van der Waals surface area contributed by atoms with Crippen molar-refractivity contribution in [3.63, 3.8) is 0 Å². The molecule has 3 saturated heterocycles. The Morgan fingerprint density at radius 3 is 2.60 bits per heavy atom. The van der Waals surface area contributed by atoms with Crippen molar-refractivity contribution in [1.82, 2.24) is 4.90 Å². The van der Waals surface area contributed by atoms with Gasteiger partial charge in [0.2, 0.25) is 0 Å². The summed E-state index contributed by atoms with van der Waals surface area (Å²) in [6, 6.07) is 0.468. The number of aliphatic hydroxyl groups is 1. The van der Waals surface area contributed by atoms with E-state index in [0.717, 1.165) is 31.4 Å². The number of hydrogen-bond acceptors (Lipinski definition) is 6. The van der Waals surface area contributed by atoms with Gasteiger partial charge in [-0.05, 0) is 37.5 Å². The van der Waals surface area contributed by atoms with Crippen molar-refractivity contribution in [1.29, 1.82) is 0 Å². The van der Waals surface area contributed by atoms with Crippen LogP contribution in [0.15, 0.2) is 11.6 Å². The smallest absolute Gasteiger partial charge is 0.303 e. The number of rotatable bonds is 2. The molecule has 0 aromatic carbocycles. The predicted molar refractivity (Wildman–Crippen MR) is 106 cm³/mol. The fraction of sp³-hybridized carbons (Fsp3) is 0.833. The Hall–Kier alpha value is -1.40. The van der Waals surface area contributed by atoms with Gasteiger partial charge < -0.3 is 14.6 Å². The van der Waals surface area contributed by atoms with Crippen molar-refractivity contribution < 1.29 is 24.2 Å². The van der Waals surface area contributed by atoms with Crippen LogP contribution < -0.4 is 0 Å². The van der Waals surface area contributed by atoms with E-state index in [9.17, 15) is 14.7 Å². The lowest BCUT2D eigenvalue weighted by Gasteiger charge is -2.66. The highest BCUT2D eigenvalue weighted by Gasteiger charge is 2.94. The minimum absolute atomic E-state index is 0.0103. The van der Waals surface area contributed by atoms with Crippen LogP contribution in [0.1, 0.15) is 53.4 Å². The summed E-state index contributed by atoms with van der Waals surface area (Å²) >= 11 is 0. The van der Waals surface area contributed by atoms with Crippen molar-refractivity contribution in [2.75, 3.05) is 6.54 Å². The van der Waals surface area contributed by atoms with E-state index in [1.165, 1.54) is 20.3 Å². The lowest BCUT2D eigenvalue weighted by molar-refractivity contribution is -0.264. The molecule has 9 unspecified atom stereocenters. The summed E-state index contributed by atoms with van der Waals surface area (Å²) in [7, 11) is 0. The Labute approximate surface area is 177 Å². The zero-order valence-corrected chi connectivity index (χ0v) is 18.2. The second-order valence-corrected chi connectivity index (χ2v) is 11.8. The molecular formula is C24H31NO5. The molecule has 2 spiro atoms. The van der Waals surface area contributed by atoms with E-state index in [2.05, 4.69) is 24.8 Å². The highest BCUT2D eigenvalue weighted by Crippen LogP contribution is 2.87. The van der Waals surface area contributed by atoms with Crippen molar-refractivity contribution in [3.05, 3.63) is 11.6 Å². The molecule has 3 heterocycles. The third kappa shape index (κ3) is 1.48. The second kappa shape index (κ2) is 4.83. The van der Waals surface area contributed by atoms with E-state index < -0.39 is 17.1 Å². The van der Waals surface area contributed by atoms with Crippen LogP contribution in [0.3, 0.4) is 0 Å². The van der Waals surface area contributed by atoms with Gasteiger partial charge in [-0.1, -0.05) is 25.0 Å². The van der Waals surface area contributed by atoms with Crippen molar-refractivity contribution >= 4 is 11.9 Å². The van der Waals surface area contributed by atoms with Crippen LogP contribution in [0.25, 0.3) is 0 Å². The lowest BCUT2D eigenvalue weighted by Crippen LogP contribution is -2.76. The standard InChI is InChI=1S/C24H31NO5/c1-11-8-22-9-14-17-21(4)6-5-7-23(17)18(22)16(29-12(2)26)15(11)19(30-13(3)27)24(22,28)20(23)25(14)10-21/h8,14-20,28H,5-7,9-10H2,1-4H3/t14?,15?,16-,17?,18?,19+,20?,21+,22?,23?,24?/m1/s1. The maximum absolute atomic E-state index is 12.7. The third-order valence-corrected chi connectivity index (χ3v) is 10.8. The molecule has 0 radical (unpaired) electrons. The number of carbonyl (C=O) groups excluding carboxylic acids is 2. The van der Waals surface area contributed by atoms with Crippen LogP contribution in [0.2, 0.25) is 0 Å². The molecule has 6 aliphatic carbocycles. The summed E-state index contributed by atoms with van der Waals surface area (Å²) in [5, 5.41) is 12.7.